The Labute approximate surface area is 113 Å². The van der Waals surface area contributed by atoms with Gasteiger partial charge in [0.2, 0.25) is 6.29 Å². The maximum Gasteiger partial charge on any atom is 0.330 e. The fourth-order valence-corrected chi connectivity index (χ4v) is 1.64. The Bertz CT molecular complexity index is 393. The number of esters is 2. The Morgan fingerprint density at radius 3 is 2.42 bits per heavy atom. The van der Waals surface area contributed by atoms with E-state index in [-0.39, 0.29) is 11.5 Å². The molecule has 1 fully saturated rings. The molecule has 5 nitrogen and oxygen atoms in total. The number of rotatable bonds is 2. The van der Waals surface area contributed by atoms with Crippen molar-refractivity contribution in [3.05, 3.63) is 12.2 Å². The van der Waals surface area contributed by atoms with Crippen LogP contribution < -0.4 is 0 Å². The molecule has 3 atom stereocenters. The maximum atomic E-state index is 12.2. The van der Waals surface area contributed by atoms with Crippen LogP contribution in [0.2, 0.25) is 0 Å². The highest BCUT2D eigenvalue weighted by molar-refractivity contribution is 5.85. The average molecular weight is 270 g/mol. The summed E-state index contributed by atoms with van der Waals surface area (Å²) in [5, 5.41) is 0. The molecule has 0 aromatic rings. The van der Waals surface area contributed by atoms with E-state index in [0.29, 0.717) is 0 Å². The highest BCUT2D eigenvalue weighted by Gasteiger charge is 2.48. The van der Waals surface area contributed by atoms with Gasteiger partial charge in [0.05, 0.1) is 13.2 Å². The first-order valence-electron chi connectivity index (χ1n) is 6.25. The van der Waals surface area contributed by atoms with E-state index in [0.717, 1.165) is 0 Å². The van der Waals surface area contributed by atoms with Gasteiger partial charge in [0.25, 0.3) is 0 Å². The van der Waals surface area contributed by atoms with Crippen molar-refractivity contribution in [3.8, 4) is 0 Å². The van der Waals surface area contributed by atoms with E-state index in [1.807, 2.05) is 20.8 Å². The minimum Gasteiger partial charge on any atom is -0.466 e. The van der Waals surface area contributed by atoms with Crippen molar-refractivity contribution in [2.24, 2.45) is 10.8 Å². The minimum atomic E-state index is -0.990. The molecule has 0 unspecified atom stereocenters. The van der Waals surface area contributed by atoms with E-state index < -0.39 is 23.6 Å². The lowest BCUT2D eigenvalue weighted by atomic mass is 9.82. The maximum absolute atomic E-state index is 12.2. The minimum absolute atomic E-state index is 0.294. The number of carbonyl (C=O) groups excluding carboxylic acids is 2. The van der Waals surface area contributed by atoms with E-state index in [1.54, 1.807) is 13.8 Å². The largest absolute Gasteiger partial charge is 0.466 e. The molecule has 0 amide bonds. The molecule has 108 valence electrons. The molecule has 19 heavy (non-hydrogen) atoms. The van der Waals surface area contributed by atoms with Crippen molar-refractivity contribution >= 4 is 11.9 Å². The standard InChI is InChI=1S/C14H22O5/c1-9-14(5,8-7-10(15)17-6)11(16)19-12(18-9)13(2,3)4/h7-9,12H,1-6H3/b8-7+/t9-,12-,14-/m1/s1. The fraction of sp³-hybridized carbons (Fsp3) is 0.714. The lowest BCUT2D eigenvalue weighted by molar-refractivity contribution is -0.263. The molecule has 0 bridgehead atoms. The van der Waals surface area contributed by atoms with Crippen molar-refractivity contribution in [3.63, 3.8) is 0 Å². The van der Waals surface area contributed by atoms with Gasteiger partial charge in [-0.3, -0.25) is 4.79 Å². The quantitative estimate of drug-likeness (QED) is 0.567. The smallest absolute Gasteiger partial charge is 0.330 e. The third-order valence-electron chi connectivity index (χ3n) is 3.30. The fourth-order valence-electron chi connectivity index (χ4n) is 1.64. The van der Waals surface area contributed by atoms with Crippen LogP contribution in [-0.4, -0.2) is 31.4 Å². The Kier molecular flexibility index (Phi) is 4.40. The zero-order valence-electron chi connectivity index (χ0n) is 12.4. The third kappa shape index (κ3) is 3.35. The lowest BCUT2D eigenvalue weighted by Crippen LogP contribution is -2.52. The monoisotopic (exact) mass is 270 g/mol. The highest BCUT2D eigenvalue weighted by atomic mass is 16.7. The Morgan fingerprint density at radius 1 is 1.42 bits per heavy atom. The first-order valence-corrected chi connectivity index (χ1v) is 6.25. The Hall–Kier alpha value is -1.36. The summed E-state index contributed by atoms with van der Waals surface area (Å²) < 4.78 is 15.6. The van der Waals surface area contributed by atoms with Crippen LogP contribution >= 0.6 is 0 Å². The van der Waals surface area contributed by atoms with E-state index in [4.69, 9.17) is 9.47 Å². The topological polar surface area (TPSA) is 61.8 Å². The number of carbonyl (C=O) groups is 2. The van der Waals surface area contributed by atoms with Gasteiger partial charge in [0.1, 0.15) is 5.41 Å². The summed E-state index contributed by atoms with van der Waals surface area (Å²) in [4.78, 5) is 23.3. The van der Waals surface area contributed by atoms with E-state index in [1.165, 1.54) is 19.3 Å². The normalized spacial score (nSPS) is 32.2. The molecule has 0 aromatic carbocycles. The summed E-state index contributed by atoms with van der Waals surface area (Å²) in [6, 6.07) is 0. The van der Waals surface area contributed by atoms with Gasteiger partial charge in [-0.05, 0) is 13.8 Å². The molecule has 0 aromatic heterocycles. The van der Waals surface area contributed by atoms with Crippen LogP contribution in [-0.2, 0) is 23.8 Å². The van der Waals surface area contributed by atoms with Crippen molar-refractivity contribution in [2.45, 2.75) is 47.0 Å². The number of hydrogen-bond acceptors (Lipinski definition) is 5. The molecule has 0 radical (unpaired) electrons. The number of methoxy groups -OCH3 is 1. The number of ether oxygens (including phenoxy) is 3. The Morgan fingerprint density at radius 2 is 2.00 bits per heavy atom. The van der Waals surface area contributed by atoms with Gasteiger partial charge in [0.15, 0.2) is 0 Å². The van der Waals surface area contributed by atoms with E-state index in [9.17, 15) is 9.59 Å². The zero-order chi connectivity index (χ0) is 14.8. The van der Waals surface area contributed by atoms with Gasteiger partial charge >= 0.3 is 11.9 Å². The SMILES string of the molecule is COC(=O)/C=C/[C@@]1(C)C(=O)O[C@H](C(C)(C)C)O[C@@H]1C. The number of hydrogen-bond donors (Lipinski definition) is 0. The summed E-state index contributed by atoms with van der Waals surface area (Å²) in [6.07, 6.45) is 1.72. The Balaban J connectivity index is 2.91. The summed E-state index contributed by atoms with van der Waals surface area (Å²) >= 11 is 0. The highest BCUT2D eigenvalue weighted by Crippen LogP contribution is 2.38. The molecule has 1 aliphatic heterocycles. The molecule has 0 N–H and O–H groups in total. The predicted molar refractivity (Wildman–Crippen MR) is 69.1 cm³/mol. The van der Waals surface area contributed by atoms with Crippen molar-refractivity contribution < 1.29 is 23.8 Å². The molecule has 5 heteroatoms. The van der Waals surface area contributed by atoms with Crippen LogP contribution in [0.25, 0.3) is 0 Å². The molecule has 1 saturated heterocycles. The molecule has 1 rings (SSSR count). The van der Waals surface area contributed by atoms with Crippen LogP contribution in [0.15, 0.2) is 12.2 Å². The lowest BCUT2D eigenvalue weighted by Gasteiger charge is -2.43. The predicted octanol–water partition coefficient (Wildman–Crippen LogP) is 2.06. The second kappa shape index (κ2) is 5.33. The molecule has 0 aliphatic carbocycles. The van der Waals surface area contributed by atoms with Crippen LogP contribution in [0.3, 0.4) is 0 Å². The van der Waals surface area contributed by atoms with Crippen LogP contribution in [0.4, 0.5) is 0 Å². The molecule has 0 spiro atoms. The first-order chi connectivity index (χ1) is 8.61. The summed E-state index contributed by atoms with van der Waals surface area (Å²) in [6.45, 7) is 9.28. The molecular weight excluding hydrogens is 248 g/mol. The average Bonchev–Trinajstić information content (AvgIpc) is 2.31. The van der Waals surface area contributed by atoms with Gasteiger partial charge in [0, 0.05) is 11.5 Å². The molecular formula is C14H22O5. The van der Waals surface area contributed by atoms with Crippen LogP contribution in [0.5, 0.6) is 0 Å². The first kappa shape index (κ1) is 15.7. The van der Waals surface area contributed by atoms with Gasteiger partial charge < -0.3 is 14.2 Å². The second-order valence-electron chi connectivity index (χ2n) is 6.02. The summed E-state index contributed by atoms with van der Waals surface area (Å²) in [7, 11) is 1.28. The van der Waals surface area contributed by atoms with Crippen LogP contribution in [0.1, 0.15) is 34.6 Å². The zero-order valence-corrected chi connectivity index (χ0v) is 12.4. The van der Waals surface area contributed by atoms with Crippen LogP contribution in [0, 0.1) is 10.8 Å². The third-order valence-corrected chi connectivity index (χ3v) is 3.30. The van der Waals surface area contributed by atoms with Gasteiger partial charge in [-0.2, -0.15) is 0 Å². The molecule has 1 aliphatic rings. The van der Waals surface area contributed by atoms with Crippen molar-refractivity contribution in [1.29, 1.82) is 0 Å². The van der Waals surface area contributed by atoms with E-state index >= 15 is 0 Å². The van der Waals surface area contributed by atoms with Gasteiger partial charge in [-0.15, -0.1) is 0 Å². The number of cyclic esters (lactones) is 1. The molecule has 0 saturated carbocycles. The summed E-state index contributed by atoms with van der Waals surface area (Å²) in [5.41, 5.74) is -1.28. The summed E-state index contributed by atoms with van der Waals surface area (Å²) in [5.74, 6) is -0.912. The molecule has 1 heterocycles. The second-order valence-corrected chi connectivity index (χ2v) is 6.02. The van der Waals surface area contributed by atoms with E-state index in [2.05, 4.69) is 4.74 Å². The van der Waals surface area contributed by atoms with Crippen molar-refractivity contribution in [2.75, 3.05) is 7.11 Å². The van der Waals surface area contributed by atoms with Gasteiger partial charge in [-0.25, -0.2) is 4.79 Å². The van der Waals surface area contributed by atoms with Crippen molar-refractivity contribution in [1.82, 2.24) is 0 Å². The van der Waals surface area contributed by atoms with Gasteiger partial charge in [-0.1, -0.05) is 26.8 Å².